The van der Waals surface area contributed by atoms with Gasteiger partial charge in [-0.25, -0.2) is 9.78 Å². The molecule has 2 aliphatic rings. The normalized spacial score (nSPS) is 33.2. The first-order valence-electron chi connectivity index (χ1n) is 6.11. The van der Waals surface area contributed by atoms with Crippen LogP contribution in [0.2, 0.25) is 0 Å². The van der Waals surface area contributed by atoms with Gasteiger partial charge in [-0.2, -0.15) is 15.0 Å². The number of benzene rings is 1. The summed E-state index contributed by atoms with van der Waals surface area (Å²) in [7, 11) is 0. The second-order valence-electron chi connectivity index (χ2n) is 4.52. The lowest BCUT2D eigenvalue weighted by atomic mass is 10.0. The summed E-state index contributed by atoms with van der Waals surface area (Å²) in [6, 6.07) is 9.36. The molecule has 3 atom stereocenters. The average molecular weight is 279 g/mol. The maximum absolute atomic E-state index is 8.95. The molecule has 2 fully saturated rings. The Labute approximate surface area is 115 Å². The molecule has 20 heavy (non-hydrogen) atoms. The minimum atomic E-state index is -1.40. The summed E-state index contributed by atoms with van der Waals surface area (Å²) < 4.78 is 10.7. The predicted octanol–water partition coefficient (Wildman–Crippen LogP) is 1.71. The van der Waals surface area contributed by atoms with Crippen LogP contribution in [0.5, 0.6) is 0 Å². The Hall–Kier alpha value is -1.53. The Morgan fingerprint density at radius 2 is 2.20 bits per heavy atom. The maximum atomic E-state index is 8.95. The first kappa shape index (κ1) is 13.5. The number of hydrogen-bond acceptors (Lipinski definition) is 7. The van der Waals surface area contributed by atoms with Gasteiger partial charge in [0.15, 0.2) is 13.1 Å². The lowest BCUT2D eigenvalue weighted by Gasteiger charge is -2.15. The van der Waals surface area contributed by atoms with E-state index in [1.165, 1.54) is 6.92 Å². The minimum Gasteiger partial charge on any atom is -0.320 e. The van der Waals surface area contributed by atoms with Crippen LogP contribution in [0.1, 0.15) is 24.3 Å². The molecular formula is C13H13NO6. The molecule has 0 amide bonds. The second kappa shape index (κ2) is 5.46. The Bertz CT molecular complexity index is 524. The topological polar surface area (TPSA) is 79.2 Å². The van der Waals surface area contributed by atoms with Gasteiger partial charge in [-0.1, -0.05) is 24.3 Å². The first-order chi connectivity index (χ1) is 9.70. The fourth-order valence-corrected chi connectivity index (χ4v) is 2.00. The molecule has 7 heteroatoms. The summed E-state index contributed by atoms with van der Waals surface area (Å²) >= 11 is 0. The molecule has 2 heterocycles. The van der Waals surface area contributed by atoms with E-state index in [4.69, 9.17) is 34.3 Å². The van der Waals surface area contributed by atoms with Gasteiger partial charge in [0.25, 0.3) is 5.79 Å². The van der Waals surface area contributed by atoms with Crippen molar-refractivity contribution in [3.63, 3.8) is 0 Å². The van der Waals surface area contributed by atoms with Gasteiger partial charge in [-0.05, 0) is 5.56 Å². The highest BCUT2D eigenvalue weighted by atomic mass is 17.3. The van der Waals surface area contributed by atoms with E-state index >= 15 is 0 Å². The van der Waals surface area contributed by atoms with Crippen molar-refractivity contribution in [2.75, 3.05) is 6.79 Å². The first-order valence-corrected chi connectivity index (χ1v) is 6.11. The largest absolute Gasteiger partial charge is 0.320 e. The van der Waals surface area contributed by atoms with Crippen molar-refractivity contribution in [3.05, 3.63) is 35.4 Å². The molecule has 1 aromatic carbocycles. The fourth-order valence-electron chi connectivity index (χ4n) is 2.00. The van der Waals surface area contributed by atoms with Crippen LogP contribution in [0.25, 0.3) is 0 Å². The molecule has 7 nitrogen and oxygen atoms in total. The van der Waals surface area contributed by atoms with E-state index in [2.05, 4.69) is 0 Å². The van der Waals surface area contributed by atoms with Crippen molar-refractivity contribution in [1.29, 1.82) is 5.26 Å². The van der Waals surface area contributed by atoms with Crippen molar-refractivity contribution in [3.8, 4) is 6.07 Å². The summed E-state index contributed by atoms with van der Waals surface area (Å²) in [5.41, 5.74) is 1.66. The van der Waals surface area contributed by atoms with Crippen LogP contribution in [0.15, 0.2) is 24.3 Å². The zero-order valence-corrected chi connectivity index (χ0v) is 10.8. The minimum absolute atomic E-state index is 0.110. The van der Waals surface area contributed by atoms with Gasteiger partial charge >= 0.3 is 0 Å². The quantitative estimate of drug-likeness (QED) is 0.779. The Kier molecular flexibility index (Phi) is 3.67. The van der Waals surface area contributed by atoms with Gasteiger partial charge in [0.05, 0.1) is 0 Å². The van der Waals surface area contributed by atoms with Crippen LogP contribution < -0.4 is 0 Å². The molecule has 2 saturated heterocycles. The van der Waals surface area contributed by atoms with Gasteiger partial charge in [-0.3, -0.25) is 4.74 Å². The van der Waals surface area contributed by atoms with Crippen LogP contribution in [0.4, 0.5) is 0 Å². The SMILES string of the molecule is CC1(C#N)OOC(c2ccccc2CC2OCOO2)O1. The smallest absolute Gasteiger partial charge is 0.289 e. The Morgan fingerprint density at radius 3 is 2.90 bits per heavy atom. The lowest BCUT2D eigenvalue weighted by Crippen LogP contribution is -2.22. The maximum Gasteiger partial charge on any atom is 0.289 e. The van der Waals surface area contributed by atoms with Crippen LogP contribution in [-0.2, 0) is 35.4 Å². The highest BCUT2D eigenvalue weighted by molar-refractivity contribution is 5.29. The summed E-state index contributed by atoms with van der Waals surface area (Å²) in [4.78, 5) is 19.6. The van der Waals surface area contributed by atoms with Crippen molar-refractivity contribution in [1.82, 2.24) is 0 Å². The zero-order valence-electron chi connectivity index (χ0n) is 10.8. The van der Waals surface area contributed by atoms with Gasteiger partial charge in [0.2, 0.25) is 6.29 Å². The summed E-state index contributed by atoms with van der Waals surface area (Å²) in [5.74, 6) is -1.40. The molecule has 2 aliphatic heterocycles. The average Bonchev–Trinajstić information content (AvgIpc) is 3.10. The molecule has 0 bridgehead atoms. The molecule has 0 aromatic heterocycles. The molecule has 106 valence electrons. The molecule has 1 aromatic rings. The van der Waals surface area contributed by atoms with Crippen LogP contribution in [0.3, 0.4) is 0 Å². The van der Waals surface area contributed by atoms with Crippen molar-refractivity contribution in [2.45, 2.75) is 31.7 Å². The monoisotopic (exact) mass is 279 g/mol. The highest BCUT2D eigenvalue weighted by Gasteiger charge is 2.41. The molecule has 0 aliphatic carbocycles. The van der Waals surface area contributed by atoms with Gasteiger partial charge in [-0.15, -0.1) is 0 Å². The predicted molar refractivity (Wildman–Crippen MR) is 62.1 cm³/mol. The molecular weight excluding hydrogens is 266 g/mol. The van der Waals surface area contributed by atoms with E-state index in [-0.39, 0.29) is 6.79 Å². The second-order valence-corrected chi connectivity index (χ2v) is 4.52. The van der Waals surface area contributed by atoms with Gasteiger partial charge in [0.1, 0.15) is 6.07 Å². The number of nitriles is 1. The standard InChI is InChI=1S/C13H13NO6/c1-13(7-14)17-12(19-20-13)10-5-3-2-4-9(10)6-11-15-8-16-18-11/h2-5,11-12H,6,8H2,1H3. The fraction of sp³-hybridized carbons (Fsp3) is 0.462. The van der Waals surface area contributed by atoms with E-state index in [1.807, 2.05) is 30.3 Å². The molecule has 0 radical (unpaired) electrons. The molecule has 3 rings (SSSR count). The zero-order chi connectivity index (χ0) is 14.0. The van der Waals surface area contributed by atoms with Gasteiger partial charge in [0, 0.05) is 18.9 Å². The van der Waals surface area contributed by atoms with E-state index < -0.39 is 18.4 Å². The summed E-state index contributed by atoms with van der Waals surface area (Å²) in [5, 5.41) is 8.95. The highest BCUT2D eigenvalue weighted by Crippen LogP contribution is 2.36. The van der Waals surface area contributed by atoms with Crippen molar-refractivity contribution >= 4 is 0 Å². The third-order valence-corrected chi connectivity index (χ3v) is 3.00. The summed E-state index contributed by atoms with van der Waals surface area (Å²) in [6.45, 7) is 1.60. The number of ether oxygens (including phenoxy) is 2. The third-order valence-electron chi connectivity index (χ3n) is 3.00. The Balaban J connectivity index is 1.78. The molecule has 0 N–H and O–H groups in total. The molecule has 3 unspecified atom stereocenters. The Morgan fingerprint density at radius 1 is 1.35 bits per heavy atom. The molecule has 0 saturated carbocycles. The summed E-state index contributed by atoms with van der Waals surface area (Å²) in [6.07, 6.45) is -0.762. The number of hydrogen-bond donors (Lipinski definition) is 0. The number of nitrogens with zero attached hydrogens (tertiary/aromatic N) is 1. The van der Waals surface area contributed by atoms with E-state index in [0.29, 0.717) is 6.42 Å². The van der Waals surface area contributed by atoms with Gasteiger partial charge < -0.3 is 4.74 Å². The van der Waals surface area contributed by atoms with E-state index in [1.54, 1.807) is 0 Å². The van der Waals surface area contributed by atoms with E-state index in [9.17, 15) is 0 Å². The van der Waals surface area contributed by atoms with Crippen LogP contribution in [0, 0.1) is 11.3 Å². The number of rotatable bonds is 3. The van der Waals surface area contributed by atoms with Crippen molar-refractivity contribution < 1.29 is 29.0 Å². The van der Waals surface area contributed by atoms with Crippen molar-refractivity contribution in [2.24, 2.45) is 0 Å². The lowest BCUT2D eigenvalue weighted by molar-refractivity contribution is -0.312. The molecule has 0 spiro atoms. The van der Waals surface area contributed by atoms with Crippen LogP contribution in [-0.4, -0.2) is 18.9 Å². The van der Waals surface area contributed by atoms with E-state index in [0.717, 1.165) is 11.1 Å². The van der Waals surface area contributed by atoms with Crippen LogP contribution >= 0.6 is 0 Å². The third kappa shape index (κ3) is 2.66.